The van der Waals surface area contributed by atoms with Gasteiger partial charge in [0, 0.05) is 50.5 Å². The van der Waals surface area contributed by atoms with Crippen molar-refractivity contribution >= 4 is 41.0 Å². The van der Waals surface area contributed by atoms with Crippen LogP contribution in [-0.2, 0) is 6.54 Å². The Kier molecular flexibility index (Phi) is 7.17. The highest BCUT2D eigenvalue weighted by Crippen LogP contribution is 2.36. The number of aromatic nitrogens is 5. The number of anilines is 3. The van der Waals surface area contributed by atoms with Crippen molar-refractivity contribution in [3.8, 4) is 17.0 Å². The van der Waals surface area contributed by atoms with Gasteiger partial charge >= 0.3 is 0 Å². The van der Waals surface area contributed by atoms with E-state index < -0.39 is 0 Å². The Bertz CT molecular complexity index is 1330. The zero-order valence-corrected chi connectivity index (χ0v) is 20.9. The van der Waals surface area contributed by atoms with E-state index in [2.05, 4.69) is 52.9 Å². The minimum Gasteiger partial charge on any atom is -0.491 e. The Balaban J connectivity index is 0.00000267. The van der Waals surface area contributed by atoms with Gasteiger partial charge in [-0.1, -0.05) is 6.07 Å². The van der Waals surface area contributed by atoms with Gasteiger partial charge in [-0.05, 0) is 42.7 Å². The number of nitrogens with zero attached hydrogens (tertiary/aromatic N) is 5. The zero-order valence-electron chi connectivity index (χ0n) is 20.1. The van der Waals surface area contributed by atoms with Crippen molar-refractivity contribution in [3.05, 3.63) is 48.4 Å². The number of H-pyrrole nitrogens is 1. The van der Waals surface area contributed by atoms with E-state index in [4.69, 9.17) is 9.72 Å². The number of imidazole rings is 1. The lowest BCUT2D eigenvalue weighted by atomic mass is 10.1. The second-order valence-corrected chi connectivity index (χ2v) is 9.04. The standard InChI is InChI=1S/C25H29N9O.ClH/c1-35-23-22(28-15-29-24(23)30-18-3-4-18)17-2-5-19-20(13-17)32-25(31-19)33-21-12-16(6-7-27-21)14-34-10-8-26-9-11-34;/h2,5-7,12-13,15,18,26H,3-4,8-11,14H2,1H3,(H,28,29,30)(H2,27,31,32,33);1H. The SMILES string of the molecule is COc1c(NC2CC2)ncnc1-c1ccc2nc(Nc3cc(CN4CCNCC4)ccn3)[nH]c2c1.Cl. The lowest BCUT2D eigenvalue weighted by Gasteiger charge is -2.27. The molecule has 11 heteroatoms. The van der Waals surface area contributed by atoms with Crippen molar-refractivity contribution < 1.29 is 4.74 Å². The van der Waals surface area contributed by atoms with Crippen LogP contribution in [0.15, 0.2) is 42.9 Å². The maximum Gasteiger partial charge on any atom is 0.206 e. The summed E-state index contributed by atoms with van der Waals surface area (Å²) in [4.78, 5) is 23.9. The van der Waals surface area contributed by atoms with Gasteiger partial charge in [-0.15, -0.1) is 12.4 Å². The first kappa shape index (κ1) is 24.2. The maximum absolute atomic E-state index is 5.68. The van der Waals surface area contributed by atoms with Gasteiger partial charge in [0.2, 0.25) is 5.95 Å². The van der Waals surface area contributed by atoms with Crippen molar-refractivity contribution in [1.82, 2.24) is 35.1 Å². The molecule has 0 atom stereocenters. The van der Waals surface area contributed by atoms with Crippen LogP contribution in [0.25, 0.3) is 22.3 Å². The smallest absolute Gasteiger partial charge is 0.206 e. The van der Waals surface area contributed by atoms with E-state index in [-0.39, 0.29) is 12.4 Å². The molecule has 1 aliphatic carbocycles. The van der Waals surface area contributed by atoms with E-state index in [1.54, 1.807) is 13.4 Å². The van der Waals surface area contributed by atoms with E-state index >= 15 is 0 Å². The van der Waals surface area contributed by atoms with Crippen LogP contribution in [0.1, 0.15) is 18.4 Å². The second-order valence-electron chi connectivity index (χ2n) is 9.04. The van der Waals surface area contributed by atoms with E-state index in [0.29, 0.717) is 17.7 Å². The minimum atomic E-state index is 0. The quantitative estimate of drug-likeness (QED) is 0.284. The molecule has 2 aliphatic rings. The number of fused-ring (bicyclic) bond motifs is 1. The predicted molar refractivity (Wildman–Crippen MR) is 143 cm³/mol. The molecule has 1 saturated carbocycles. The average Bonchev–Trinajstić information content (AvgIpc) is 3.61. The number of hydrogen-bond donors (Lipinski definition) is 4. The molecule has 10 nitrogen and oxygen atoms in total. The summed E-state index contributed by atoms with van der Waals surface area (Å²) in [7, 11) is 1.65. The normalized spacial score (nSPS) is 15.9. The monoisotopic (exact) mass is 507 g/mol. The Morgan fingerprint density at radius 2 is 1.94 bits per heavy atom. The molecule has 0 unspecified atom stereocenters. The molecule has 0 spiro atoms. The van der Waals surface area contributed by atoms with Gasteiger partial charge < -0.3 is 25.7 Å². The number of pyridine rings is 1. The molecular formula is C25H30ClN9O. The molecule has 1 saturated heterocycles. The maximum atomic E-state index is 5.68. The summed E-state index contributed by atoms with van der Waals surface area (Å²) in [5.74, 6) is 2.81. The van der Waals surface area contributed by atoms with Crippen LogP contribution < -0.4 is 20.7 Å². The van der Waals surface area contributed by atoms with Crippen LogP contribution in [-0.4, -0.2) is 69.2 Å². The third-order valence-corrected chi connectivity index (χ3v) is 6.37. The van der Waals surface area contributed by atoms with Crippen molar-refractivity contribution in [2.75, 3.05) is 43.9 Å². The summed E-state index contributed by atoms with van der Waals surface area (Å²) in [6.45, 7) is 5.12. The molecule has 0 bridgehead atoms. The number of methoxy groups -OCH3 is 1. The van der Waals surface area contributed by atoms with Gasteiger partial charge in [-0.3, -0.25) is 4.90 Å². The lowest BCUT2D eigenvalue weighted by Crippen LogP contribution is -2.42. The number of rotatable bonds is 8. The number of piperazine rings is 1. The number of ether oxygens (including phenoxy) is 1. The molecule has 1 aliphatic heterocycles. The summed E-state index contributed by atoms with van der Waals surface area (Å²) >= 11 is 0. The number of nitrogens with one attached hydrogen (secondary N) is 4. The molecule has 6 rings (SSSR count). The number of benzene rings is 1. The van der Waals surface area contributed by atoms with Gasteiger partial charge in [0.1, 0.15) is 17.8 Å². The fourth-order valence-corrected chi connectivity index (χ4v) is 4.40. The molecule has 4 aromatic rings. The highest BCUT2D eigenvalue weighted by molar-refractivity contribution is 5.86. The van der Waals surface area contributed by atoms with E-state index in [9.17, 15) is 0 Å². The third-order valence-electron chi connectivity index (χ3n) is 6.37. The number of aromatic amines is 1. The summed E-state index contributed by atoms with van der Waals surface area (Å²) < 4.78 is 5.68. The van der Waals surface area contributed by atoms with Crippen molar-refractivity contribution in [2.24, 2.45) is 0 Å². The van der Waals surface area contributed by atoms with Crippen molar-refractivity contribution in [2.45, 2.75) is 25.4 Å². The lowest BCUT2D eigenvalue weighted by molar-refractivity contribution is 0.233. The minimum absolute atomic E-state index is 0. The third kappa shape index (κ3) is 5.35. The Labute approximate surface area is 215 Å². The second kappa shape index (κ2) is 10.7. The molecule has 0 radical (unpaired) electrons. The van der Waals surface area contributed by atoms with Crippen LogP contribution in [0.3, 0.4) is 0 Å². The summed E-state index contributed by atoms with van der Waals surface area (Å²) in [5, 5.41) is 10.1. The van der Waals surface area contributed by atoms with E-state index in [0.717, 1.165) is 79.5 Å². The summed E-state index contributed by atoms with van der Waals surface area (Å²) in [6, 6.07) is 10.6. The van der Waals surface area contributed by atoms with Crippen LogP contribution in [0.4, 0.5) is 17.6 Å². The van der Waals surface area contributed by atoms with Gasteiger partial charge in [0.05, 0.1) is 18.1 Å². The largest absolute Gasteiger partial charge is 0.491 e. The van der Waals surface area contributed by atoms with Gasteiger partial charge in [0.15, 0.2) is 11.6 Å². The molecule has 4 heterocycles. The van der Waals surface area contributed by atoms with Crippen LogP contribution in [0, 0.1) is 0 Å². The Morgan fingerprint density at radius 3 is 2.75 bits per heavy atom. The van der Waals surface area contributed by atoms with Crippen molar-refractivity contribution in [1.29, 1.82) is 0 Å². The fraction of sp³-hybridized carbons (Fsp3) is 0.360. The highest BCUT2D eigenvalue weighted by Gasteiger charge is 2.24. The van der Waals surface area contributed by atoms with Gasteiger partial charge in [0.25, 0.3) is 0 Å². The molecule has 3 aromatic heterocycles. The first-order chi connectivity index (χ1) is 17.2. The summed E-state index contributed by atoms with van der Waals surface area (Å²) in [5.41, 5.74) is 4.67. The van der Waals surface area contributed by atoms with Crippen LogP contribution >= 0.6 is 12.4 Å². The Morgan fingerprint density at radius 1 is 1.08 bits per heavy atom. The molecule has 188 valence electrons. The van der Waals surface area contributed by atoms with Crippen LogP contribution in [0.5, 0.6) is 5.75 Å². The topological polar surface area (TPSA) is 116 Å². The number of halogens is 1. The van der Waals surface area contributed by atoms with Crippen LogP contribution in [0.2, 0.25) is 0 Å². The molecule has 4 N–H and O–H groups in total. The van der Waals surface area contributed by atoms with Gasteiger partial charge in [-0.25, -0.2) is 19.9 Å². The molecule has 2 fully saturated rings. The summed E-state index contributed by atoms with van der Waals surface area (Å²) in [6.07, 6.45) is 5.73. The molecule has 36 heavy (non-hydrogen) atoms. The highest BCUT2D eigenvalue weighted by atomic mass is 35.5. The van der Waals surface area contributed by atoms with E-state index in [1.165, 1.54) is 5.56 Å². The molecule has 0 amide bonds. The number of hydrogen-bond acceptors (Lipinski definition) is 9. The Hall–Kier alpha value is -3.47. The van der Waals surface area contributed by atoms with Gasteiger partial charge in [-0.2, -0.15) is 0 Å². The molecule has 1 aromatic carbocycles. The first-order valence-corrected chi connectivity index (χ1v) is 12.1. The molecular weight excluding hydrogens is 478 g/mol. The zero-order chi connectivity index (χ0) is 23.6. The fourth-order valence-electron chi connectivity index (χ4n) is 4.40. The predicted octanol–water partition coefficient (Wildman–Crippen LogP) is 3.57. The average molecular weight is 508 g/mol. The van der Waals surface area contributed by atoms with E-state index in [1.807, 2.05) is 24.4 Å². The first-order valence-electron chi connectivity index (χ1n) is 12.1. The van der Waals surface area contributed by atoms with Crippen molar-refractivity contribution in [3.63, 3.8) is 0 Å².